The smallest absolute Gasteiger partial charge is 0.187 e. The normalized spacial score (nSPS) is 58.9. The van der Waals surface area contributed by atoms with Crippen LogP contribution in [0.25, 0.3) is 0 Å². The summed E-state index contributed by atoms with van der Waals surface area (Å²) in [5.41, 5.74) is 1.40. The average Bonchev–Trinajstić information content (AvgIpc) is 3.69. The lowest BCUT2D eigenvalue weighted by atomic mass is 9.41. The number of ether oxygens (including phenoxy) is 7. The summed E-state index contributed by atoms with van der Waals surface area (Å²) in [4.78, 5) is 0. The molecule has 8 fully saturated rings. The van der Waals surface area contributed by atoms with E-state index in [0.29, 0.717) is 42.4 Å². The van der Waals surface area contributed by atoms with Crippen LogP contribution in [0.3, 0.4) is 0 Å². The maximum Gasteiger partial charge on any atom is 0.187 e. The summed E-state index contributed by atoms with van der Waals surface area (Å²) in [6.45, 7) is 15.7. The molecule has 0 radical (unpaired) electrons. The van der Waals surface area contributed by atoms with Gasteiger partial charge in [-0.25, -0.2) is 0 Å². The van der Waals surface area contributed by atoms with Gasteiger partial charge in [-0.15, -0.1) is 0 Å². The maximum absolute atomic E-state index is 11.6. The third-order valence-electron chi connectivity index (χ3n) is 18.4. The van der Waals surface area contributed by atoms with Gasteiger partial charge in [-0.05, 0) is 112 Å². The number of aliphatic hydroxyl groups is 8. The minimum atomic E-state index is -1.73. The van der Waals surface area contributed by atoms with Crippen LogP contribution in [0.4, 0.5) is 0 Å². The van der Waals surface area contributed by atoms with Crippen molar-refractivity contribution in [1.29, 1.82) is 0 Å². The minimum Gasteiger partial charge on any atom is -0.394 e. The van der Waals surface area contributed by atoms with Crippen LogP contribution in [-0.4, -0.2) is 164 Å². The molecule has 9 rings (SSSR count). The molecule has 1 spiro atoms. The second-order valence-corrected chi connectivity index (χ2v) is 21.9. The molecule has 16 nitrogen and oxygen atoms in total. The van der Waals surface area contributed by atoms with E-state index in [9.17, 15) is 40.9 Å². The van der Waals surface area contributed by atoms with Gasteiger partial charge in [0.1, 0.15) is 66.8 Å². The summed E-state index contributed by atoms with van der Waals surface area (Å²) in [5, 5.41) is 89.9. The van der Waals surface area contributed by atoms with E-state index in [0.717, 1.165) is 38.6 Å². The van der Waals surface area contributed by atoms with E-state index in [1.54, 1.807) is 0 Å². The number of rotatable bonds is 7. The number of nitrogens with one attached hydrogen (secondary N) is 1. The molecule has 0 aromatic carbocycles. The van der Waals surface area contributed by atoms with Gasteiger partial charge in [-0.3, -0.25) is 5.32 Å². The van der Waals surface area contributed by atoms with Crippen LogP contribution in [0.2, 0.25) is 0 Å². The van der Waals surface area contributed by atoms with E-state index < -0.39 is 98.7 Å². The van der Waals surface area contributed by atoms with Gasteiger partial charge in [0.05, 0.1) is 31.0 Å². The Bertz CT molecular complexity index is 1650. The number of fused-ring (bicyclic) bond motifs is 7. The second-order valence-electron chi connectivity index (χ2n) is 21.9. The van der Waals surface area contributed by atoms with Crippen molar-refractivity contribution >= 4 is 0 Å². The van der Waals surface area contributed by atoms with E-state index in [2.05, 4.69) is 46.0 Å². The summed E-state index contributed by atoms with van der Waals surface area (Å²) in [5.74, 6) is 2.67. The first-order valence-electron chi connectivity index (χ1n) is 23.7. The van der Waals surface area contributed by atoms with Crippen molar-refractivity contribution in [3.05, 3.63) is 11.6 Å². The molecule has 0 amide bonds. The van der Waals surface area contributed by atoms with Crippen LogP contribution >= 0.6 is 0 Å². The monoisotopic (exact) mass is 882 g/mol. The number of aliphatic hydroxyl groups excluding tert-OH is 8. The van der Waals surface area contributed by atoms with Crippen LogP contribution in [0.5, 0.6) is 0 Å². The Hall–Kier alpha value is -0.900. The molecule has 9 N–H and O–H groups in total. The topological polar surface area (TPSA) is 238 Å². The van der Waals surface area contributed by atoms with Gasteiger partial charge in [0.15, 0.2) is 18.9 Å². The van der Waals surface area contributed by atoms with Crippen molar-refractivity contribution in [3.63, 3.8) is 0 Å². The van der Waals surface area contributed by atoms with Crippen LogP contribution < -0.4 is 5.32 Å². The minimum absolute atomic E-state index is 0.0524. The van der Waals surface area contributed by atoms with Crippen molar-refractivity contribution in [3.8, 4) is 0 Å². The number of allylic oxidation sites excluding steroid dienone is 1. The molecule has 26 atom stereocenters. The zero-order chi connectivity index (χ0) is 44.4. The van der Waals surface area contributed by atoms with Gasteiger partial charge in [0.25, 0.3) is 0 Å². The summed E-state index contributed by atoms with van der Waals surface area (Å²) < 4.78 is 44.2. The fourth-order valence-electron chi connectivity index (χ4n) is 14.8. The summed E-state index contributed by atoms with van der Waals surface area (Å²) in [6, 6.07) is 0. The summed E-state index contributed by atoms with van der Waals surface area (Å²) in [6.07, 6.45) is -10.4. The molecule has 0 aromatic rings. The van der Waals surface area contributed by atoms with E-state index in [1.807, 2.05) is 0 Å². The predicted molar refractivity (Wildman–Crippen MR) is 219 cm³/mol. The summed E-state index contributed by atoms with van der Waals surface area (Å²) >= 11 is 0. The first-order valence-corrected chi connectivity index (χ1v) is 23.7. The Morgan fingerprint density at radius 3 is 1.94 bits per heavy atom. The standard InChI is InChI=1S/C46H75NO15/c1-20-8-15-46(47-18-20)21(2)30-26(62-46)17-29-44(6)12-9-24-16-25(10-13-43(24,5)28(44)11-14-45(29,30)7)58-42-39(61-41-37(55)35(53)32(50)23(4)57-41)38(33(51)27(19-48)59-42)60-40-36(54)34(52)31(49)22(3)56-40/h9,20-23,25-42,47-55H,8,10-19H2,1-7H3/t20?,21-,22-,23-,25-,26-,27+,28+,29-,30-,31-,32-,33+,34+,35+,36+,37+,38-,39+,40-,41-,42+,43-,44+,45-,46+/m0/s1. The Morgan fingerprint density at radius 2 is 1.32 bits per heavy atom. The van der Waals surface area contributed by atoms with Gasteiger partial charge in [0, 0.05) is 12.5 Å². The van der Waals surface area contributed by atoms with Gasteiger partial charge in [0.2, 0.25) is 0 Å². The summed E-state index contributed by atoms with van der Waals surface area (Å²) in [7, 11) is 0. The Balaban J connectivity index is 0.951. The first kappa shape index (κ1) is 46.2. The van der Waals surface area contributed by atoms with E-state index in [-0.39, 0.29) is 34.2 Å². The molecule has 5 heterocycles. The van der Waals surface area contributed by atoms with Crippen molar-refractivity contribution < 1.29 is 74.0 Å². The highest BCUT2D eigenvalue weighted by atomic mass is 16.8. The molecule has 354 valence electrons. The molecule has 9 aliphatic rings. The largest absolute Gasteiger partial charge is 0.394 e. The van der Waals surface area contributed by atoms with Gasteiger partial charge < -0.3 is 74.0 Å². The third kappa shape index (κ3) is 7.23. The Kier molecular flexibility index (Phi) is 12.5. The van der Waals surface area contributed by atoms with E-state index >= 15 is 0 Å². The molecule has 5 aliphatic heterocycles. The molecule has 62 heavy (non-hydrogen) atoms. The van der Waals surface area contributed by atoms with Crippen LogP contribution in [0, 0.1) is 45.8 Å². The van der Waals surface area contributed by atoms with Gasteiger partial charge in [-0.2, -0.15) is 0 Å². The molecule has 1 unspecified atom stereocenters. The maximum atomic E-state index is 11.6. The van der Waals surface area contributed by atoms with Gasteiger partial charge >= 0.3 is 0 Å². The highest BCUT2D eigenvalue weighted by Gasteiger charge is 2.71. The van der Waals surface area contributed by atoms with Crippen LogP contribution in [0.15, 0.2) is 11.6 Å². The predicted octanol–water partition coefficient (Wildman–Crippen LogP) is 1.20. The van der Waals surface area contributed by atoms with Crippen molar-refractivity contribution in [2.45, 2.75) is 216 Å². The lowest BCUT2D eigenvalue weighted by Crippen LogP contribution is -2.67. The zero-order valence-corrected chi connectivity index (χ0v) is 37.5. The van der Waals surface area contributed by atoms with E-state index in [1.165, 1.54) is 32.3 Å². The molecule has 5 saturated heterocycles. The quantitative estimate of drug-likeness (QED) is 0.163. The number of piperidine rings is 1. The number of hydrogen-bond acceptors (Lipinski definition) is 16. The van der Waals surface area contributed by atoms with E-state index in [4.69, 9.17) is 33.2 Å². The Morgan fingerprint density at radius 1 is 0.677 bits per heavy atom. The van der Waals surface area contributed by atoms with Crippen molar-refractivity contribution in [1.82, 2.24) is 5.32 Å². The fourth-order valence-corrected chi connectivity index (χ4v) is 14.8. The molecular weight excluding hydrogens is 806 g/mol. The second kappa shape index (κ2) is 16.7. The molecule has 0 bridgehead atoms. The molecule has 0 aromatic heterocycles. The third-order valence-corrected chi connectivity index (χ3v) is 18.4. The SMILES string of the molecule is CC1CC[C@@]2(NC1)O[C@H]1C[C@H]3[C@]4(C)CC=C5C[C@@H](O[C@@H]6O[C@H](CO)[C@@H](O)[C@H](O[C@@H]7O[C@@H](C)[C@H](O)[C@@H](O)[C@H]7O)[C@H]6O[C@@H]6O[C@@H](C)[C@H](O)[C@@H](O)[C@H]6O)CC[C@]5(C)[C@H]4CC[C@]3(C)[C@H]1[C@@H]2C. The average molecular weight is 882 g/mol. The molecule has 3 saturated carbocycles. The zero-order valence-electron chi connectivity index (χ0n) is 37.5. The van der Waals surface area contributed by atoms with Gasteiger partial charge in [-0.1, -0.05) is 46.3 Å². The molecule has 16 heteroatoms. The van der Waals surface area contributed by atoms with Crippen LogP contribution in [0.1, 0.15) is 106 Å². The van der Waals surface area contributed by atoms with Crippen LogP contribution in [-0.2, 0) is 33.2 Å². The highest BCUT2D eigenvalue weighted by molar-refractivity contribution is 5.29. The highest BCUT2D eigenvalue weighted by Crippen LogP contribution is 2.74. The Labute approximate surface area is 365 Å². The lowest BCUT2D eigenvalue weighted by molar-refractivity contribution is -0.393. The van der Waals surface area contributed by atoms with Crippen molar-refractivity contribution in [2.24, 2.45) is 45.8 Å². The molecule has 4 aliphatic carbocycles. The fraction of sp³-hybridized carbons (Fsp3) is 0.957. The lowest BCUT2D eigenvalue weighted by Gasteiger charge is -2.64. The molecular formula is C46H75NO15. The number of hydrogen-bond donors (Lipinski definition) is 9. The first-order chi connectivity index (χ1) is 29.3. The van der Waals surface area contributed by atoms with Crippen molar-refractivity contribution in [2.75, 3.05) is 13.2 Å².